The van der Waals surface area contributed by atoms with Gasteiger partial charge < -0.3 is 5.32 Å². The summed E-state index contributed by atoms with van der Waals surface area (Å²) in [6.45, 7) is 0.286. The molecule has 0 saturated heterocycles. The van der Waals surface area contributed by atoms with Crippen molar-refractivity contribution < 1.29 is 9.18 Å². The number of aromatic amines is 1. The lowest BCUT2D eigenvalue weighted by Crippen LogP contribution is -2.31. The van der Waals surface area contributed by atoms with Crippen molar-refractivity contribution in [2.24, 2.45) is 0 Å². The van der Waals surface area contributed by atoms with E-state index in [4.69, 9.17) is 0 Å². The number of carbonyl (C=O) groups excluding carboxylic acids is 1. The van der Waals surface area contributed by atoms with Gasteiger partial charge in [-0.3, -0.25) is 14.6 Å². The minimum absolute atomic E-state index is 0.0268. The molecular formula is C18H15FN4O2. The van der Waals surface area contributed by atoms with E-state index in [2.05, 4.69) is 20.5 Å². The molecule has 2 heterocycles. The van der Waals surface area contributed by atoms with Crippen molar-refractivity contribution in [1.82, 2.24) is 20.5 Å². The SMILES string of the molecule is O=C(NCCc1cccc(F)c1)c1cc(-c2ccncc2)n[nH]c1=O. The number of pyridine rings is 1. The van der Waals surface area contributed by atoms with Gasteiger partial charge in [0.05, 0.1) is 5.69 Å². The molecular weight excluding hydrogens is 323 g/mol. The van der Waals surface area contributed by atoms with Crippen LogP contribution in [0.5, 0.6) is 0 Å². The zero-order valence-corrected chi connectivity index (χ0v) is 13.2. The first-order chi connectivity index (χ1) is 12.1. The van der Waals surface area contributed by atoms with Gasteiger partial charge in [0.15, 0.2) is 0 Å². The molecule has 25 heavy (non-hydrogen) atoms. The second-order valence-electron chi connectivity index (χ2n) is 5.37. The predicted octanol–water partition coefficient (Wildman–Crippen LogP) is 1.94. The Morgan fingerprint density at radius 3 is 2.72 bits per heavy atom. The molecule has 3 rings (SSSR count). The summed E-state index contributed by atoms with van der Waals surface area (Å²) in [6.07, 6.45) is 3.66. The third-order valence-electron chi connectivity index (χ3n) is 3.61. The lowest BCUT2D eigenvalue weighted by molar-refractivity contribution is 0.0952. The molecule has 0 aliphatic carbocycles. The van der Waals surface area contributed by atoms with Crippen LogP contribution in [0.1, 0.15) is 15.9 Å². The summed E-state index contributed by atoms with van der Waals surface area (Å²) in [7, 11) is 0. The average Bonchev–Trinajstić information content (AvgIpc) is 2.63. The first-order valence-corrected chi connectivity index (χ1v) is 7.66. The van der Waals surface area contributed by atoms with Crippen LogP contribution in [0.3, 0.4) is 0 Å². The number of H-pyrrole nitrogens is 1. The first kappa shape index (κ1) is 16.5. The van der Waals surface area contributed by atoms with E-state index >= 15 is 0 Å². The van der Waals surface area contributed by atoms with Crippen LogP contribution in [-0.2, 0) is 6.42 Å². The minimum Gasteiger partial charge on any atom is -0.352 e. The average molecular weight is 338 g/mol. The van der Waals surface area contributed by atoms with E-state index in [9.17, 15) is 14.0 Å². The summed E-state index contributed by atoms with van der Waals surface area (Å²) < 4.78 is 13.1. The van der Waals surface area contributed by atoms with E-state index in [1.165, 1.54) is 18.2 Å². The van der Waals surface area contributed by atoms with Gasteiger partial charge in [-0.15, -0.1) is 0 Å². The Labute approximate surface area is 142 Å². The van der Waals surface area contributed by atoms with Crippen LogP contribution in [0.2, 0.25) is 0 Å². The summed E-state index contributed by atoms with van der Waals surface area (Å²) in [5.41, 5.74) is 1.38. The maximum atomic E-state index is 13.1. The Hall–Kier alpha value is -3.35. The highest BCUT2D eigenvalue weighted by Gasteiger charge is 2.13. The van der Waals surface area contributed by atoms with E-state index in [1.54, 1.807) is 36.7 Å². The van der Waals surface area contributed by atoms with Crippen molar-refractivity contribution in [3.63, 3.8) is 0 Å². The van der Waals surface area contributed by atoms with Crippen molar-refractivity contribution in [2.75, 3.05) is 6.54 Å². The van der Waals surface area contributed by atoms with Gasteiger partial charge >= 0.3 is 0 Å². The molecule has 0 fully saturated rings. The Morgan fingerprint density at radius 2 is 1.96 bits per heavy atom. The highest BCUT2D eigenvalue weighted by Crippen LogP contribution is 2.14. The molecule has 0 bridgehead atoms. The number of hydrogen-bond acceptors (Lipinski definition) is 4. The molecule has 3 aromatic rings. The number of hydrogen-bond donors (Lipinski definition) is 2. The lowest BCUT2D eigenvalue weighted by atomic mass is 10.1. The van der Waals surface area contributed by atoms with Gasteiger partial charge in [-0.2, -0.15) is 5.10 Å². The number of halogens is 1. The molecule has 0 aliphatic rings. The summed E-state index contributed by atoms with van der Waals surface area (Å²) in [5.74, 6) is -0.827. The second kappa shape index (κ2) is 7.48. The predicted molar refractivity (Wildman–Crippen MR) is 90.5 cm³/mol. The van der Waals surface area contributed by atoms with Crippen molar-refractivity contribution in [2.45, 2.75) is 6.42 Å². The van der Waals surface area contributed by atoms with E-state index in [1.807, 2.05) is 0 Å². The van der Waals surface area contributed by atoms with E-state index in [0.29, 0.717) is 12.1 Å². The summed E-state index contributed by atoms with van der Waals surface area (Å²) in [5, 5.41) is 8.93. The second-order valence-corrected chi connectivity index (χ2v) is 5.37. The van der Waals surface area contributed by atoms with Crippen molar-refractivity contribution in [3.05, 3.63) is 82.2 Å². The van der Waals surface area contributed by atoms with Crippen molar-refractivity contribution in [1.29, 1.82) is 0 Å². The largest absolute Gasteiger partial charge is 0.352 e. The molecule has 0 unspecified atom stereocenters. The first-order valence-electron chi connectivity index (χ1n) is 7.66. The van der Waals surface area contributed by atoms with Crippen LogP contribution in [0.25, 0.3) is 11.3 Å². The van der Waals surface area contributed by atoms with Crippen LogP contribution >= 0.6 is 0 Å². The van der Waals surface area contributed by atoms with E-state index in [0.717, 1.165) is 11.1 Å². The standard InChI is InChI=1S/C18H15FN4O2/c19-14-3-1-2-12(10-14)4-9-21-17(24)15-11-16(22-23-18(15)25)13-5-7-20-8-6-13/h1-3,5-8,10-11H,4,9H2,(H,21,24)(H,23,25). The zero-order valence-electron chi connectivity index (χ0n) is 13.2. The maximum Gasteiger partial charge on any atom is 0.277 e. The Balaban J connectivity index is 1.70. The van der Waals surface area contributed by atoms with Gasteiger partial charge in [0.1, 0.15) is 11.4 Å². The quantitative estimate of drug-likeness (QED) is 0.744. The fourth-order valence-electron chi connectivity index (χ4n) is 2.35. The van der Waals surface area contributed by atoms with Crippen LogP contribution < -0.4 is 10.9 Å². The van der Waals surface area contributed by atoms with Gasteiger partial charge in [0, 0.05) is 24.5 Å². The number of amides is 1. The van der Waals surface area contributed by atoms with Crippen molar-refractivity contribution >= 4 is 5.91 Å². The topological polar surface area (TPSA) is 87.7 Å². The fourth-order valence-corrected chi connectivity index (χ4v) is 2.35. The van der Waals surface area contributed by atoms with Gasteiger partial charge in [0.2, 0.25) is 0 Å². The number of carbonyl (C=O) groups is 1. The highest BCUT2D eigenvalue weighted by molar-refractivity contribution is 5.94. The van der Waals surface area contributed by atoms with Crippen LogP contribution in [-0.4, -0.2) is 27.6 Å². The Kier molecular flexibility index (Phi) is 4.94. The maximum absolute atomic E-state index is 13.1. The summed E-state index contributed by atoms with van der Waals surface area (Å²) in [4.78, 5) is 28.1. The van der Waals surface area contributed by atoms with Gasteiger partial charge in [0.25, 0.3) is 11.5 Å². The number of benzene rings is 1. The smallest absolute Gasteiger partial charge is 0.277 e. The summed E-state index contributed by atoms with van der Waals surface area (Å²) >= 11 is 0. The molecule has 7 heteroatoms. The van der Waals surface area contributed by atoms with Crippen LogP contribution in [0, 0.1) is 5.82 Å². The zero-order chi connectivity index (χ0) is 17.6. The van der Waals surface area contributed by atoms with Gasteiger partial charge in [-0.1, -0.05) is 12.1 Å². The molecule has 0 spiro atoms. The molecule has 0 aliphatic heterocycles. The molecule has 2 N–H and O–H groups in total. The van der Waals surface area contributed by atoms with E-state index in [-0.39, 0.29) is 17.9 Å². The van der Waals surface area contributed by atoms with E-state index < -0.39 is 11.5 Å². The number of nitrogens with zero attached hydrogens (tertiary/aromatic N) is 2. The van der Waals surface area contributed by atoms with Crippen LogP contribution in [0.4, 0.5) is 4.39 Å². The van der Waals surface area contributed by atoms with Gasteiger partial charge in [-0.05, 0) is 42.3 Å². The summed E-state index contributed by atoms with van der Waals surface area (Å²) in [6, 6.07) is 11.0. The molecule has 6 nitrogen and oxygen atoms in total. The van der Waals surface area contributed by atoms with Crippen molar-refractivity contribution in [3.8, 4) is 11.3 Å². The normalized spacial score (nSPS) is 10.4. The Morgan fingerprint density at radius 1 is 1.16 bits per heavy atom. The molecule has 126 valence electrons. The molecule has 2 aromatic heterocycles. The molecule has 0 radical (unpaired) electrons. The number of nitrogens with one attached hydrogen (secondary N) is 2. The molecule has 0 atom stereocenters. The number of rotatable bonds is 5. The minimum atomic E-state index is -0.568. The van der Waals surface area contributed by atoms with Crippen LogP contribution in [0.15, 0.2) is 59.7 Å². The molecule has 1 amide bonds. The molecule has 0 saturated carbocycles. The lowest BCUT2D eigenvalue weighted by Gasteiger charge is -2.06. The number of aromatic nitrogens is 3. The highest BCUT2D eigenvalue weighted by atomic mass is 19.1. The molecule has 1 aromatic carbocycles. The Bertz CT molecular complexity index is 941. The fraction of sp³-hybridized carbons (Fsp3) is 0.111. The monoisotopic (exact) mass is 338 g/mol. The third kappa shape index (κ3) is 4.14. The third-order valence-corrected chi connectivity index (χ3v) is 3.61. The van der Waals surface area contributed by atoms with Gasteiger partial charge in [-0.25, -0.2) is 9.49 Å².